The fraction of sp³-hybridized carbons (Fsp3) is 0.409. The lowest BCUT2D eigenvalue weighted by molar-refractivity contribution is 0.548. The lowest BCUT2D eigenvalue weighted by atomic mass is 9.65. The van der Waals surface area contributed by atoms with E-state index in [-0.39, 0.29) is 10.8 Å². The minimum Gasteiger partial charge on any atom is -0.260 e. The van der Waals surface area contributed by atoms with Gasteiger partial charge in [-0.3, -0.25) is 4.99 Å². The molecule has 1 aliphatic heterocycles. The molecule has 0 N–H and O–H groups in total. The molecule has 0 aromatic heterocycles. The molecule has 0 saturated heterocycles. The largest absolute Gasteiger partial charge is 0.260 e. The van der Waals surface area contributed by atoms with Gasteiger partial charge in [0.15, 0.2) is 0 Å². The van der Waals surface area contributed by atoms with Crippen molar-refractivity contribution in [3.8, 4) is 0 Å². The second-order valence-electron chi connectivity index (χ2n) is 8.17. The summed E-state index contributed by atoms with van der Waals surface area (Å²) in [7, 11) is 0. The van der Waals surface area contributed by atoms with Gasteiger partial charge < -0.3 is 0 Å². The molecule has 0 bridgehead atoms. The third-order valence-corrected chi connectivity index (χ3v) is 5.59. The molecule has 0 fully saturated rings. The Bertz CT molecular complexity index is 807. The van der Waals surface area contributed by atoms with Crippen LogP contribution in [-0.2, 0) is 17.3 Å². The van der Waals surface area contributed by atoms with E-state index in [0.29, 0.717) is 0 Å². The normalized spacial score (nSPS) is 22.3. The highest BCUT2D eigenvalue weighted by Gasteiger charge is 2.42. The van der Waals surface area contributed by atoms with E-state index in [1.54, 1.807) is 0 Å². The molecule has 0 amide bonds. The van der Waals surface area contributed by atoms with Crippen LogP contribution < -0.4 is 0 Å². The molecular weight excluding hydrogens is 278 g/mol. The number of hydrogen-bond acceptors (Lipinski definition) is 1. The zero-order valence-electron chi connectivity index (χ0n) is 14.6. The first-order valence-corrected chi connectivity index (χ1v) is 8.71. The highest BCUT2D eigenvalue weighted by Crippen LogP contribution is 2.50. The Morgan fingerprint density at radius 2 is 1.91 bits per heavy atom. The number of nitrogens with zero attached hydrogens (tertiary/aromatic N) is 1. The van der Waals surface area contributed by atoms with Crippen molar-refractivity contribution >= 4 is 11.9 Å². The van der Waals surface area contributed by atoms with Crippen LogP contribution in [0.3, 0.4) is 0 Å². The Hall–Kier alpha value is -1.89. The van der Waals surface area contributed by atoms with Gasteiger partial charge in [0.1, 0.15) is 0 Å². The predicted octanol–water partition coefficient (Wildman–Crippen LogP) is 5.63. The Kier molecular flexibility index (Phi) is 3.07. The molecule has 2 aromatic rings. The summed E-state index contributed by atoms with van der Waals surface area (Å²) in [5.41, 5.74) is 8.58. The Labute approximate surface area is 139 Å². The summed E-state index contributed by atoms with van der Waals surface area (Å²) in [5, 5.41) is 0. The van der Waals surface area contributed by atoms with Gasteiger partial charge in [-0.25, -0.2) is 0 Å². The van der Waals surface area contributed by atoms with Crippen LogP contribution in [0.5, 0.6) is 0 Å². The molecule has 0 radical (unpaired) electrons. The van der Waals surface area contributed by atoms with Crippen molar-refractivity contribution in [3.05, 3.63) is 64.2 Å². The van der Waals surface area contributed by atoms with Crippen LogP contribution in [0.2, 0.25) is 0 Å². The van der Waals surface area contributed by atoms with Gasteiger partial charge >= 0.3 is 0 Å². The maximum absolute atomic E-state index is 4.81. The van der Waals surface area contributed by atoms with Gasteiger partial charge in [0.25, 0.3) is 0 Å². The van der Waals surface area contributed by atoms with Gasteiger partial charge in [0.2, 0.25) is 0 Å². The molecule has 118 valence electrons. The minimum atomic E-state index is -0.00444. The van der Waals surface area contributed by atoms with Crippen molar-refractivity contribution < 1.29 is 0 Å². The maximum atomic E-state index is 4.81. The van der Waals surface area contributed by atoms with Crippen molar-refractivity contribution in [2.24, 2.45) is 4.99 Å². The van der Waals surface area contributed by atoms with E-state index in [1.165, 1.54) is 47.1 Å². The van der Waals surface area contributed by atoms with Gasteiger partial charge in [-0.05, 0) is 65.5 Å². The van der Waals surface area contributed by atoms with Gasteiger partial charge in [-0.2, -0.15) is 0 Å². The summed E-state index contributed by atoms with van der Waals surface area (Å²) < 4.78 is 0. The zero-order chi connectivity index (χ0) is 16.2. The average Bonchev–Trinajstić information content (AvgIpc) is 2.86. The average molecular weight is 303 g/mol. The summed E-state index contributed by atoms with van der Waals surface area (Å²) in [4.78, 5) is 4.81. The van der Waals surface area contributed by atoms with Crippen molar-refractivity contribution in [3.63, 3.8) is 0 Å². The minimum absolute atomic E-state index is 0.00444. The molecule has 0 unspecified atom stereocenters. The van der Waals surface area contributed by atoms with Gasteiger partial charge in [-0.1, -0.05) is 51.1 Å². The number of fused-ring (bicyclic) bond motifs is 4. The number of aliphatic imine (C=N–C) groups is 1. The fourth-order valence-corrected chi connectivity index (χ4v) is 4.38. The quantitative estimate of drug-likeness (QED) is 0.598. The predicted molar refractivity (Wildman–Crippen MR) is 98.2 cm³/mol. The van der Waals surface area contributed by atoms with Gasteiger partial charge in [0.05, 0.1) is 11.1 Å². The van der Waals surface area contributed by atoms with Crippen LogP contribution in [-0.4, -0.2) is 6.21 Å². The summed E-state index contributed by atoms with van der Waals surface area (Å²) in [6.45, 7) is 9.12. The molecule has 23 heavy (non-hydrogen) atoms. The lowest BCUT2D eigenvalue weighted by Crippen LogP contribution is -2.33. The molecule has 1 aliphatic carbocycles. The molecule has 4 rings (SSSR count). The van der Waals surface area contributed by atoms with E-state index >= 15 is 0 Å². The molecule has 1 nitrogen and oxygen atoms in total. The number of benzene rings is 2. The van der Waals surface area contributed by atoms with Crippen LogP contribution >= 0.6 is 0 Å². The van der Waals surface area contributed by atoms with Crippen molar-refractivity contribution in [2.45, 2.75) is 57.8 Å². The standard InChI is InChI=1S/C22H25N/c1-15-7-5-8-16-9-6-12-22(20(15)16)14-23-19-11-10-17(13-18(19)22)21(2,3)4/h5,7-8,10-11,13-14H,6,9,12H2,1-4H3/t22-/m1/s1. The topological polar surface area (TPSA) is 12.4 Å². The molecule has 1 heteroatoms. The van der Waals surface area contributed by atoms with Crippen LogP contribution in [0.25, 0.3) is 0 Å². The first kappa shape index (κ1) is 14.7. The molecular formula is C22H25N. The highest BCUT2D eigenvalue weighted by molar-refractivity contribution is 5.90. The van der Waals surface area contributed by atoms with Gasteiger partial charge in [-0.15, -0.1) is 0 Å². The van der Waals surface area contributed by atoms with Crippen molar-refractivity contribution in [2.75, 3.05) is 0 Å². The summed E-state index contributed by atoms with van der Waals surface area (Å²) in [6, 6.07) is 13.6. The molecule has 0 saturated carbocycles. The maximum Gasteiger partial charge on any atom is 0.0671 e. The number of hydrogen-bond donors (Lipinski definition) is 0. The van der Waals surface area contributed by atoms with E-state index in [9.17, 15) is 0 Å². The lowest BCUT2D eigenvalue weighted by Gasteiger charge is -2.36. The SMILES string of the molecule is Cc1cccc2c1[C@@]1(C=Nc3ccc(C(C)(C)C)cc31)CCC2. The summed E-state index contributed by atoms with van der Waals surface area (Å²) in [5.74, 6) is 0. The fourth-order valence-electron chi connectivity index (χ4n) is 4.38. The molecule has 2 aliphatic rings. The monoisotopic (exact) mass is 303 g/mol. The van der Waals surface area contributed by atoms with Crippen LogP contribution in [0.1, 0.15) is 61.4 Å². The second kappa shape index (κ2) is 4.80. The number of aryl methyl sites for hydroxylation is 2. The third-order valence-electron chi connectivity index (χ3n) is 5.59. The highest BCUT2D eigenvalue weighted by atomic mass is 14.8. The van der Waals surface area contributed by atoms with Crippen LogP contribution in [0.4, 0.5) is 5.69 Å². The van der Waals surface area contributed by atoms with Crippen LogP contribution in [0.15, 0.2) is 41.4 Å². The number of rotatable bonds is 0. The van der Waals surface area contributed by atoms with Crippen molar-refractivity contribution in [1.29, 1.82) is 0 Å². The molecule has 1 heterocycles. The zero-order valence-corrected chi connectivity index (χ0v) is 14.6. The van der Waals surface area contributed by atoms with Gasteiger partial charge in [0, 0.05) is 6.21 Å². The van der Waals surface area contributed by atoms with E-state index in [1.807, 2.05) is 0 Å². The summed E-state index contributed by atoms with van der Waals surface area (Å²) >= 11 is 0. The Balaban J connectivity index is 1.97. The smallest absolute Gasteiger partial charge is 0.0671 e. The molecule has 1 atom stereocenters. The van der Waals surface area contributed by atoms with E-state index in [0.717, 1.165) is 5.69 Å². The molecule has 2 aromatic carbocycles. The van der Waals surface area contributed by atoms with Crippen molar-refractivity contribution in [1.82, 2.24) is 0 Å². The summed E-state index contributed by atoms with van der Waals surface area (Å²) in [6.07, 6.45) is 5.84. The third kappa shape index (κ3) is 2.09. The van der Waals surface area contributed by atoms with E-state index in [2.05, 4.69) is 70.3 Å². The van der Waals surface area contributed by atoms with E-state index < -0.39 is 0 Å². The second-order valence-corrected chi connectivity index (χ2v) is 8.17. The van der Waals surface area contributed by atoms with Crippen LogP contribution in [0, 0.1) is 6.92 Å². The first-order valence-electron chi connectivity index (χ1n) is 8.71. The first-order chi connectivity index (χ1) is 10.9. The van der Waals surface area contributed by atoms with E-state index in [4.69, 9.17) is 4.99 Å². The Morgan fingerprint density at radius 3 is 2.70 bits per heavy atom. The Morgan fingerprint density at radius 1 is 1.09 bits per heavy atom. The molecule has 1 spiro atoms.